The van der Waals surface area contributed by atoms with E-state index in [-0.39, 0.29) is 11.1 Å². The molecule has 0 atom stereocenters. The molecule has 0 aliphatic rings. The monoisotopic (exact) mass is 298 g/mol. The lowest BCUT2D eigenvalue weighted by Crippen LogP contribution is -2.45. The molecule has 0 aliphatic carbocycles. The van der Waals surface area contributed by atoms with Gasteiger partial charge in [0.15, 0.2) is 0 Å². The van der Waals surface area contributed by atoms with Gasteiger partial charge in [-0.1, -0.05) is 24.3 Å². The number of nitrogen functional groups attached to an aromatic ring is 2. The SMILES string of the molecule is Nc1ccc(C(CF)(c2ccc(N)cc2)C(F)(F)F)cc1. The third-order valence-electron chi connectivity index (χ3n) is 3.49. The van der Waals surface area contributed by atoms with Crippen LogP contribution in [0.3, 0.4) is 0 Å². The lowest BCUT2D eigenvalue weighted by molar-refractivity contribution is -0.182. The summed E-state index contributed by atoms with van der Waals surface area (Å²) in [7, 11) is 0. The van der Waals surface area contributed by atoms with Gasteiger partial charge in [0.1, 0.15) is 12.1 Å². The van der Waals surface area contributed by atoms with Crippen LogP contribution in [0.4, 0.5) is 28.9 Å². The van der Waals surface area contributed by atoms with Crippen LogP contribution in [0.2, 0.25) is 0 Å². The van der Waals surface area contributed by atoms with Crippen LogP contribution in [-0.4, -0.2) is 12.9 Å². The van der Waals surface area contributed by atoms with Crippen LogP contribution in [0.15, 0.2) is 48.5 Å². The summed E-state index contributed by atoms with van der Waals surface area (Å²) in [6, 6.07) is 10.1. The van der Waals surface area contributed by atoms with Crippen molar-refractivity contribution in [3.05, 3.63) is 59.7 Å². The normalized spacial score (nSPS) is 12.4. The molecule has 0 radical (unpaired) electrons. The highest BCUT2D eigenvalue weighted by Gasteiger charge is 2.57. The molecule has 2 rings (SSSR count). The van der Waals surface area contributed by atoms with Gasteiger partial charge in [0.25, 0.3) is 0 Å². The Morgan fingerprint density at radius 3 is 1.29 bits per heavy atom. The number of hydrogen-bond acceptors (Lipinski definition) is 2. The van der Waals surface area contributed by atoms with Crippen LogP contribution >= 0.6 is 0 Å². The molecule has 0 saturated carbocycles. The summed E-state index contributed by atoms with van der Waals surface area (Å²) < 4.78 is 54.5. The Hall–Kier alpha value is -2.24. The van der Waals surface area contributed by atoms with Crippen molar-refractivity contribution < 1.29 is 17.6 Å². The molecule has 0 bridgehead atoms. The first-order valence-corrected chi connectivity index (χ1v) is 6.16. The van der Waals surface area contributed by atoms with Crippen LogP contribution in [0.5, 0.6) is 0 Å². The highest BCUT2D eigenvalue weighted by molar-refractivity contribution is 5.50. The Labute approximate surface area is 119 Å². The second-order valence-electron chi connectivity index (χ2n) is 4.78. The van der Waals surface area contributed by atoms with Crippen LogP contribution in [0, 0.1) is 0 Å². The van der Waals surface area contributed by atoms with Gasteiger partial charge >= 0.3 is 6.18 Å². The predicted octanol–water partition coefficient (Wildman–Crippen LogP) is 3.67. The molecule has 0 aliphatic heterocycles. The average molecular weight is 298 g/mol. The van der Waals surface area contributed by atoms with E-state index in [1.54, 1.807) is 0 Å². The van der Waals surface area contributed by atoms with Crippen molar-refractivity contribution in [1.82, 2.24) is 0 Å². The molecule has 0 aromatic heterocycles. The third-order valence-corrected chi connectivity index (χ3v) is 3.49. The minimum atomic E-state index is -4.80. The summed E-state index contributed by atoms with van der Waals surface area (Å²) in [5.74, 6) is 0. The maximum atomic E-state index is 13.6. The van der Waals surface area contributed by atoms with Gasteiger partial charge in [-0.05, 0) is 35.4 Å². The highest BCUT2D eigenvalue weighted by atomic mass is 19.4. The number of nitrogens with two attached hydrogens (primary N) is 2. The first-order valence-electron chi connectivity index (χ1n) is 6.16. The van der Waals surface area contributed by atoms with Crippen LogP contribution < -0.4 is 11.5 Å². The third kappa shape index (κ3) is 2.53. The van der Waals surface area contributed by atoms with Crippen molar-refractivity contribution in [3.8, 4) is 0 Å². The molecule has 2 aromatic rings. The largest absolute Gasteiger partial charge is 0.404 e. The molecule has 0 spiro atoms. The number of hydrogen-bond donors (Lipinski definition) is 2. The highest BCUT2D eigenvalue weighted by Crippen LogP contribution is 2.47. The van der Waals surface area contributed by atoms with E-state index in [0.717, 1.165) is 0 Å². The fourth-order valence-electron chi connectivity index (χ4n) is 2.26. The second kappa shape index (κ2) is 5.27. The van der Waals surface area contributed by atoms with Crippen LogP contribution in [0.1, 0.15) is 11.1 Å². The van der Waals surface area contributed by atoms with Crippen molar-refractivity contribution in [3.63, 3.8) is 0 Å². The summed E-state index contributed by atoms with van der Waals surface area (Å²) >= 11 is 0. The van der Waals surface area contributed by atoms with Gasteiger partial charge < -0.3 is 11.5 Å². The summed E-state index contributed by atoms with van der Waals surface area (Å²) in [6.07, 6.45) is -4.80. The predicted molar refractivity (Wildman–Crippen MR) is 74.5 cm³/mol. The van der Waals surface area contributed by atoms with Crippen molar-refractivity contribution in [2.45, 2.75) is 11.6 Å². The molecule has 2 aromatic carbocycles. The van der Waals surface area contributed by atoms with Crippen LogP contribution in [-0.2, 0) is 5.41 Å². The quantitative estimate of drug-likeness (QED) is 0.671. The molecule has 2 nitrogen and oxygen atoms in total. The summed E-state index contributed by atoms with van der Waals surface area (Å²) in [5, 5.41) is 0. The minimum absolute atomic E-state index is 0.198. The molecule has 112 valence electrons. The Morgan fingerprint density at radius 2 is 1.05 bits per heavy atom. The van der Waals surface area contributed by atoms with E-state index in [2.05, 4.69) is 0 Å². The fraction of sp³-hybridized carbons (Fsp3) is 0.200. The standard InChI is InChI=1S/C15H14F4N2/c16-9-14(15(17,18)19,10-1-5-12(20)6-2-10)11-3-7-13(21)8-4-11/h1-8H,9,20-21H2. The topological polar surface area (TPSA) is 52.0 Å². The smallest absolute Gasteiger partial charge is 0.399 e. The van der Waals surface area contributed by atoms with Gasteiger partial charge in [0, 0.05) is 11.4 Å². The Kier molecular flexibility index (Phi) is 3.80. The van der Waals surface area contributed by atoms with E-state index in [1.165, 1.54) is 48.5 Å². The van der Waals surface area contributed by atoms with Crippen molar-refractivity contribution in [2.24, 2.45) is 0 Å². The molecular formula is C15H14F4N2. The van der Waals surface area contributed by atoms with Gasteiger partial charge in [0.05, 0.1) is 0 Å². The molecule has 4 N–H and O–H groups in total. The van der Waals surface area contributed by atoms with Gasteiger partial charge in [-0.25, -0.2) is 4.39 Å². The van der Waals surface area contributed by atoms with Crippen molar-refractivity contribution in [2.75, 3.05) is 18.1 Å². The molecule has 0 unspecified atom stereocenters. The van der Waals surface area contributed by atoms with E-state index in [1.807, 2.05) is 0 Å². The Bertz CT molecular complexity index is 558. The zero-order valence-electron chi connectivity index (χ0n) is 11.0. The molecule has 0 amide bonds. The van der Waals surface area contributed by atoms with E-state index in [9.17, 15) is 17.6 Å². The lowest BCUT2D eigenvalue weighted by atomic mass is 9.74. The maximum Gasteiger partial charge on any atom is 0.404 e. The maximum absolute atomic E-state index is 13.6. The molecule has 0 heterocycles. The summed E-state index contributed by atoms with van der Waals surface area (Å²) in [6.45, 7) is -1.61. The number of anilines is 2. The number of alkyl halides is 4. The van der Waals surface area contributed by atoms with Gasteiger partial charge in [0.2, 0.25) is 0 Å². The Balaban J connectivity index is 2.69. The molecule has 0 fully saturated rings. The zero-order chi connectivity index (χ0) is 15.7. The van der Waals surface area contributed by atoms with E-state index in [4.69, 9.17) is 11.5 Å². The Morgan fingerprint density at radius 1 is 0.714 bits per heavy atom. The summed E-state index contributed by atoms with van der Waals surface area (Å²) in [4.78, 5) is 0. The molecule has 21 heavy (non-hydrogen) atoms. The van der Waals surface area contributed by atoms with Crippen LogP contribution in [0.25, 0.3) is 0 Å². The van der Waals surface area contributed by atoms with E-state index >= 15 is 0 Å². The van der Waals surface area contributed by atoms with Crippen molar-refractivity contribution >= 4 is 11.4 Å². The number of benzene rings is 2. The summed E-state index contributed by atoms with van der Waals surface area (Å²) in [5.41, 5.74) is 8.47. The average Bonchev–Trinajstić information content (AvgIpc) is 2.42. The van der Waals surface area contributed by atoms with Gasteiger partial charge in [-0.15, -0.1) is 0 Å². The minimum Gasteiger partial charge on any atom is -0.399 e. The zero-order valence-corrected chi connectivity index (χ0v) is 11.0. The molecule has 6 heteroatoms. The van der Waals surface area contributed by atoms with Gasteiger partial charge in [-0.3, -0.25) is 0 Å². The van der Waals surface area contributed by atoms with E-state index in [0.29, 0.717) is 11.4 Å². The lowest BCUT2D eigenvalue weighted by Gasteiger charge is -2.34. The first-order chi connectivity index (χ1) is 9.81. The number of rotatable bonds is 3. The fourth-order valence-corrected chi connectivity index (χ4v) is 2.26. The second-order valence-corrected chi connectivity index (χ2v) is 4.78. The molecular weight excluding hydrogens is 284 g/mol. The van der Waals surface area contributed by atoms with Gasteiger partial charge in [-0.2, -0.15) is 13.2 Å². The first kappa shape index (κ1) is 15.2. The molecule has 0 saturated heterocycles. The van der Waals surface area contributed by atoms with Crippen molar-refractivity contribution in [1.29, 1.82) is 0 Å². The number of halogens is 4. The van der Waals surface area contributed by atoms with E-state index < -0.39 is 18.3 Å².